The van der Waals surface area contributed by atoms with Gasteiger partial charge in [0.15, 0.2) is 0 Å². The SMILES string of the molecule is OC1C2OC2C2C3CCC(C3)C12. The second kappa shape index (κ2) is 1.73. The Kier molecular flexibility index (Phi) is 0.921. The maximum Gasteiger partial charge on any atom is 0.111 e. The van der Waals surface area contributed by atoms with E-state index in [1.54, 1.807) is 0 Å². The molecule has 66 valence electrons. The highest BCUT2D eigenvalue weighted by Crippen LogP contribution is 2.64. The lowest BCUT2D eigenvalue weighted by molar-refractivity contribution is 0.0167. The van der Waals surface area contributed by atoms with Crippen molar-refractivity contribution in [1.29, 1.82) is 0 Å². The molecule has 1 aliphatic heterocycles. The average molecular weight is 166 g/mol. The number of aliphatic hydroxyl groups is 1. The number of hydrogen-bond donors (Lipinski definition) is 1. The zero-order valence-corrected chi connectivity index (χ0v) is 7.02. The van der Waals surface area contributed by atoms with Gasteiger partial charge in [0, 0.05) is 0 Å². The zero-order valence-electron chi connectivity index (χ0n) is 7.02. The third-order valence-electron chi connectivity index (χ3n) is 4.72. The van der Waals surface area contributed by atoms with E-state index in [-0.39, 0.29) is 12.2 Å². The molecule has 3 saturated carbocycles. The Morgan fingerprint density at radius 3 is 2.50 bits per heavy atom. The van der Waals surface area contributed by atoms with E-state index in [0.29, 0.717) is 12.0 Å². The fourth-order valence-electron chi connectivity index (χ4n) is 4.31. The molecule has 4 aliphatic rings. The van der Waals surface area contributed by atoms with E-state index < -0.39 is 0 Å². The van der Waals surface area contributed by atoms with Crippen molar-refractivity contribution in [3.8, 4) is 0 Å². The molecule has 1 N–H and O–H groups in total. The summed E-state index contributed by atoms with van der Waals surface area (Å²) in [6.07, 6.45) is 4.80. The highest BCUT2D eigenvalue weighted by molar-refractivity contribution is 5.16. The number of epoxide rings is 1. The standard InChI is InChI=1S/C10H14O2/c11-8-6-4-1-2-5(3-4)7(6)9-10(8)12-9/h4-11H,1-3H2. The fraction of sp³-hybridized carbons (Fsp3) is 1.00. The molecule has 0 aromatic heterocycles. The van der Waals surface area contributed by atoms with Crippen LogP contribution >= 0.6 is 0 Å². The Hall–Kier alpha value is -0.0800. The molecular formula is C10H14O2. The van der Waals surface area contributed by atoms with Crippen LogP contribution in [0.25, 0.3) is 0 Å². The molecule has 0 aromatic carbocycles. The Bertz CT molecular complexity index is 227. The van der Waals surface area contributed by atoms with Crippen molar-refractivity contribution in [2.75, 3.05) is 0 Å². The van der Waals surface area contributed by atoms with Gasteiger partial charge >= 0.3 is 0 Å². The number of rotatable bonds is 0. The van der Waals surface area contributed by atoms with Gasteiger partial charge < -0.3 is 9.84 Å². The van der Waals surface area contributed by atoms with Crippen LogP contribution in [0.4, 0.5) is 0 Å². The average Bonchev–Trinajstić information content (AvgIpc) is 2.49. The van der Waals surface area contributed by atoms with E-state index in [4.69, 9.17) is 4.74 Å². The summed E-state index contributed by atoms with van der Waals surface area (Å²) in [5.41, 5.74) is 0. The molecule has 1 saturated heterocycles. The van der Waals surface area contributed by atoms with E-state index in [2.05, 4.69) is 0 Å². The Morgan fingerprint density at radius 2 is 1.75 bits per heavy atom. The van der Waals surface area contributed by atoms with E-state index in [0.717, 1.165) is 17.8 Å². The Labute approximate surface area is 71.9 Å². The van der Waals surface area contributed by atoms with E-state index >= 15 is 0 Å². The molecule has 7 unspecified atom stereocenters. The minimum Gasteiger partial charge on any atom is -0.390 e. The molecule has 0 amide bonds. The first-order valence-corrected chi connectivity index (χ1v) is 5.20. The van der Waals surface area contributed by atoms with E-state index in [9.17, 15) is 5.11 Å². The van der Waals surface area contributed by atoms with E-state index in [1.165, 1.54) is 19.3 Å². The van der Waals surface area contributed by atoms with Gasteiger partial charge in [0.25, 0.3) is 0 Å². The van der Waals surface area contributed by atoms with Crippen LogP contribution in [-0.4, -0.2) is 23.4 Å². The first-order valence-electron chi connectivity index (χ1n) is 5.20. The van der Waals surface area contributed by atoms with Crippen LogP contribution in [0, 0.1) is 23.7 Å². The van der Waals surface area contributed by atoms with Gasteiger partial charge in [0.2, 0.25) is 0 Å². The Morgan fingerprint density at radius 1 is 1.00 bits per heavy atom. The van der Waals surface area contributed by atoms with Crippen LogP contribution in [0.1, 0.15) is 19.3 Å². The summed E-state index contributed by atoms with van der Waals surface area (Å²) in [5, 5.41) is 9.91. The summed E-state index contributed by atoms with van der Waals surface area (Å²) in [6, 6.07) is 0. The van der Waals surface area contributed by atoms with Crippen molar-refractivity contribution >= 4 is 0 Å². The van der Waals surface area contributed by atoms with Crippen LogP contribution in [-0.2, 0) is 4.74 Å². The molecule has 3 aliphatic carbocycles. The minimum absolute atomic E-state index is 0.102. The smallest absolute Gasteiger partial charge is 0.111 e. The molecule has 4 fully saturated rings. The van der Waals surface area contributed by atoms with Gasteiger partial charge in [0.05, 0.1) is 12.2 Å². The van der Waals surface area contributed by atoms with Crippen LogP contribution in [0.15, 0.2) is 0 Å². The van der Waals surface area contributed by atoms with Gasteiger partial charge in [0.1, 0.15) is 6.10 Å². The first kappa shape index (κ1) is 6.39. The maximum atomic E-state index is 9.91. The highest BCUT2D eigenvalue weighted by atomic mass is 16.6. The zero-order chi connectivity index (χ0) is 7.87. The predicted octanol–water partition coefficient (Wildman–Crippen LogP) is 0.791. The molecule has 2 heteroatoms. The van der Waals surface area contributed by atoms with Gasteiger partial charge in [-0.3, -0.25) is 0 Å². The monoisotopic (exact) mass is 166 g/mol. The second-order valence-electron chi connectivity index (χ2n) is 5.04. The normalized spacial score (nSPS) is 71.2. The van der Waals surface area contributed by atoms with Crippen molar-refractivity contribution in [2.24, 2.45) is 23.7 Å². The lowest BCUT2D eigenvalue weighted by atomic mass is 9.80. The lowest BCUT2D eigenvalue weighted by Crippen LogP contribution is -2.30. The molecule has 1 heterocycles. The van der Waals surface area contributed by atoms with Crippen LogP contribution in [0.2, 0.25) is 0 Å². The predicted molar refractivity (Wildman–Crippen MR) is 42.5 cm³/mol. The van der Waals surface area contributed by atoms with Crippen LogP contribution in [0.5, 0.6) is 0 Å². The summed E-state index contributed by atoms with van der Waals surface area (Å²) < 4.78 is 5.48. The first-order chi connectivity index (χ1) is 5.86. The van der Waals surface area contributed by atoms with Crippen LogP contribution in [0.3, 0.4) is 0 Å². The van der Waals surface area contributed by atoms with Crippen molar-refractivity contribution in [1.82, 2.24) is 0 Å². The number of ether oxygens (including phenoxy) is 1. The quantitative estimate of drug-likeness (QED) is 0.540. The molecule has 2 nitrogen and oxygen atoms in total. The summed E-state index contributed by atoms with van der Waals surface area (Å²) in [4.78, 5) is 0. The van der Waals surface area contributed by atoms with Crippen molar-refractivity contribution in [3.05, 3.63) is 0 Å². The molecular weight excluding hydrogens is 152 g/mol. The maximum absolute atomic E-state index is 9.91. The molecule has 0 spiro atoms. The molecule has 12 heavy (non-hydrogen) atoms. The van der Waals surface area contributed by atoms with Gasteiger partial charge in [-0.05, 0) is 42.9 Å². The molecule has 7 atom stereocenters. The number of hydrogen-bond acceptors (Lipinski definition) is 2. The lowest BCUT2D eigenvalue weighted by Gasteiger charge is -2.28. The highest BCUT2D eigenvalue weighted by Gasteiger charge is 2.68. The second-order valence-corrected chi connectivity index (χ2v) is 5.04. The molecule has 4 rings (SSSR count). The van der Waals surface area contributed by atoms with Crippen LogP contribution < -0.4 is 0 Å². The summed E-state index contributed by atoms with van der Waals surface area (Å²) in [6.45, 7) is 0. The van der Waals surface area contributed by atoms with Gasteiger partial charge in [-0.1, -0.05) is 0 Å². The summed E-state index contributed by atoms with van der Waals surface area (Å²) >= 11 is 0. The fourth-order valence-corrected chi connectivity index (χ4v) is 4.31. The number of fused-ring (bicyclic) bond motifs is 7. The minimum atomic E-state index is -0.102. The van der Waals surface area contributed by atoms with Crippen molar-refractivity contribution in [2.45, 2.75) is 37.6 Å². The van der Waals surface area contributed by atoms with E-state index in [1.807, 2.05) is 0 Å². The molecule has 0 radical (unpaired) electrons. The third kappa shape index (κ3) is 0.521. The van der Waals surface area contributed by atoms with Gasteiger partial charge in [-0.2, -0.15) is 0 Å². The van der Waals surface area contributed by atoms with Crippen molar-refractivity contribution < 1.29 is 9.84 Å². The summed E-state index contributed by atoms with van der Waals surface area (Å²) in [7, 11) is 0. The topological polar surface area (TPSA) is 32.8 Å². The van der Waals surface area contributed by atoms with Gasteiger partial charge in [-0.15, -0.1) is 0 Å². The Balaban J connectivity index is 1.77. The number of aliphatic hydroxyl groups excluding tert-OH is 1. The molecule has 0 aromatic rings. The third-order valence-corrected chi connectivity index (χ3v) is 4.72. The van der Waals surface area contributed by atoms with Crippen molar-refractivity contribution in [3.63, 3.8) is 0 Å². The summed E-state index contributed by atoms with van der Waals surface area (Å²) in [5.74, 6) is 3.15. The largest absolute Gasteiger partial charge is 0.390 e. The van der Waals surface area contributed by atoms with Gasteiger partial charge in [-0.25, -0.2) is 0 Å². The molecule has 2 bridgehead atoms.